The molecule has 172 valence electrons. The molecule has 4 aromatic rings. The Hall–Kier alpha value is -4.41. The van der Waals surface area contributed by atoms with Crippen molar-refractivity contribution in [1.29, 1.82) is 0 Å². The summed E-state index contributed by atoms with van der Waals surface area (Å²) in [5.74, 6) is -0.160. The fourth-order valence-electron chi connectivity index (χ4n) is 3.90. The SMILES string of the molecule is CC(=O)Oc1ccccc1C(=O)N1CCN(c2ncnc3c2nnn3-c2ccc(F)cc2)CC1. The molecule has 1 saturated heterocycles. The van der Waals surface area contributed by atoms with Crippen LogP contribution in [0.2, 0.25) is 0 Å². The number of rotatable bonds is 4. The first-order valence-corrected chi connectivity index (χ1v) is 10.7. The standard InChI is InChI=1S/C23H20FN7O3/c1-15(32)34-19-5-3-2-4-18(19)23(33)30-12-10-29(11-13-30)21-20-22(26-14-25-21)31(28-27-20)17-8-6-16(24)7-9-17/h2-9,14H,10-13H2,1H3. The zero-order chi connectivity index (χ0) is 23.7. The number of halogens is 1. The molecule has 34 heavy (non-hydrogen) atoms. The summed E-state index contributed by atoms with van der Waals surface area (Å²) in [6.07, 6.45) is 1.44. The third-order valence-electron chi connectivity index (χ3n) is 5.53. The van der Waals surface area contributed by atoms with Gasteiger partial charge in [0.1, 0.15) is 17.9 Å². The van der Waals surface area contributed by atoms with E-state index in [9.17, 15) is 14.0 Å². The molecule has 0 atom stereocenters. The van der Waals surface area contributed by atoms with Gasteiger partial charge in [-0.3, -0.25) is 9.59 Å². The molecule has 10 nitrogen and oxygen atoms in total. The molecule has 1 aliphatic rings. The molecule has 0 radical (unpaired) electrons. The van der Waals surface area contributed by atoms with Crippen LogP contribution in [0.25, 0.3) is 16.9 Å². The highest BCUT2D eigenvalue weighted by molar-refractivity contribution is 5.97. The average Bonchev–Trinajstić information content (AvgIpc) is 3.29. The molecule has 1 fully saturated rings. The summed E-state index contributed by atoms with van der Waals surface area (Å²) in [5, 5.41) is 8.43. The van der Waals surface area contributed by atoms with Crippen LogP contribution in [0.3, 0.4) is 0 Å². The second kappa shape index (κ2) is 8.85. The maximum atomic E-state index is 13.3. The van der Waals surface area contributed by atoms with Gasteiger partial charge in [-0.2, -0.15) is 4.68 Å². The number of amides is 1. The Labute approximate surface area is 193 Å². The number of anilines is 1. The van der Waals surface area contributed by atoms with Crippen LogP contribution in [0.5, 0.6) is 5.75 Å². The number of hydrogen-bond acceptors (Lipinski definition) is 8. The maximum absolute atomic E-state index is 13.3. The zero-order valence-corrected chi connectivity index (χ0v) is 18.3. The first-order valence-electron chi connectivity index (χ1n) is 10.7. The minimum atomic E-state index is -0.480. The predicted molar refractivity (Wildman–Crippen MR) is 120 cm³/mol. The van der Waals surface area contributed by atoms with E-state index in [1.165, 1.54) is 30.1 Å². The molecule has 0 saturated carbocycles. The molecule has 1 aliphatic heterocycles. The van der Waals surface area contributed by atoms with E-state index in [1.807, 2.05) is 4.90 Å². The lowest BCUT2D eigenvalue weighted by molar-refractivity contribution is -0.131. The number of aromatic nitrogens is 5. The van der Waals surface area contributed by atoms with Crippen molar-refractivity contribution in [3.63, 3.8) is 0 Å². The highest BCUT2D eigenvalue weighted by Crippen LogP contribution is 2.25. The van der Waals surface area contributed by atoms with Crippen LogP contribution in [0.15, 0.2) is 54.9 Å². The van der Waals surface area contributed by atoms with E-state index in [0.29, 0.717) is 54.4 Å². The highest BCUT2D eigenvalue weighted by atomic mass is 19.1. The van der Waals surface area contributed by atoms with Gasteiger partial charge in [-0.05, 0) is 36.4 Å². The monoisotopic (exact) mass is 461 g/mol. The maximum Gasteiger partial charge on any atom is 0.308 e. The summed E-state index contributed by atoms with van der Waals surface area (Å²) < 4.78 is 20.0. The van der Waals surface area contributed by atoms with E-state index in [1.54, 1.807) is 41.3 Å². The van der Waals surface area contributed by atoms with Crippen LogP contribution < -0.4 is 9.64 Å². The normalized spacial score (nSPS) is 13.8. The summed E-state index contributed by atoms with van der Waals surface area (Å²) >= 11 is 0. The molecule has 1 amide bonds. The first-order chi connectivity index (χ1) is 16.5. The second-order valence-electron chi connectivity index (χ2n) is 7.72. The van der Waals surface area contributed by atoms with Crippen molar-refractivity contribution in [3.05, 3.63) is 66.2 Å². The topological polar surface area (TPSA) is 106 Å². The molecule has 0 unspecified atom stereocenters. The molecular weight excluding hydrogens is 441 g/mol. The van der Waals surface area contributed by atoms with Gasteiger partial charge in [-0.1, -0.05) is 17.3 Å². The number of ether oxygens (including phenoxy) is 1. The van der Waals surface area contributed by atoms with Crippen molar-refractivity contribution in [2.24, 2.45) is 0 Å². The molecule has 11 heteroatoms. The Morgan fingerprint density at radius 3 is 2.44 bits per heavy atom. The van der Waals surface area contributed by atoms with Gasteiger partial charge in [0.2, 0.25) is 0 Å². The molecule has 5 rings (SSSR count). The van der Waals surface area contributed by atoms with E-state index in [-0.39, 0.29) is 17.5 Å². The minimum Gasteiger partial charge on any atom is -0.426 e. The van der Waals surface area contributed by atoms with E-state index in [4.69, 9.17) is 4.74 Å². The van der Waals surface area contributed by atoms with E-state index in [2.05, 4.69) is 20.3 Å². The van der Waals surface area contributed by atoms with Gasteiger partial charge in [-0.15, -0.1) is 5.10 Å². The Bertz CT molecular complexity index is 1360. The van der Waals surface area contributed by atoms with E-state index < -0.39 is 5.97 Å². The van der Waals surface area contributed by atoms with Crippen molar-refractivity contribution >= 4 is 28.9 Å². The van der Waals surface area contributed by atoms with Gasteiger partial charge in [0, 0.05) is 33.1 Å². The fourth-order valence-corrected chi connectivity index (χ4v) is 3.90. The third-order valence-corrected chi connectivity index (χ3v) is 5.53. The molecule has 3 heterocycles. The number of nitrogens with zero attached hydrogens (tertiary/aromatic N) is 7. The quantitative estimate of drug-likeness (QED) is 0.337. The van der Waals surface area contributed by atoms with Crippen molar-refractivity contribution in [3.8, 4) is 11.4 Å². The van der Waals surface area contributed by atoms with Crippen LogP contribution in [-0.2, 0) is 4.79 Å². The lowest BCUT2D eigenvalue weighted by Gasteiger charge is -2.35. The first kappa shape index (κ1) is 21.4. The number of carbonyl (C=O) groups is 2. The minimum absolute atomic E-state index is 0.202. The highest BCUT2D eigenvalue weighted by Gasteiger charge is 2.27. The number of para-hydroxylation sites is 1. The van der Waals surface area contributed by atoms with Gasteiger partial charge in [0.05, 0.1) is 11.3 Å². The van der Waals surface area contributed by atoms with Gasteiger partial charge in [0.25, 0.3) is 5.91 Å². The van der Waals surface area contributed by atoms with Crippen molar-refractivity contribution in [2.45, 2.75) is 6.92 Å². The number of benzene rings is 2. The number of fused-ring (bicyclic) bond motifs is 1. The Kier molecular flexibility index (Phi) is 5.58. The Morgan fingerprint density at radius 1 is 0.971 bits per heavy atom. The summed E-state index contributed by atoms with van der Waals surface area (Å²) in [6.45, 7) is 3.25. The fraction of sp³-hybridized carbons (Fsp3) is 0.217. The number of esters is 1. The van der Waals surface area contributed by atoms with Gasteiger partial charge in [-0.25, -0.2) is 14.4 Å². The summed E-state index contributed by atoms with van der Waals surface area (Å²) in [4.78, 5) is 36.9. The molecule has 0 aliphatic carbocycles. The molecular formula is C23H20FN7O3. The number of piperazine rings is 1. The van der Waals surface area contributed by atoms with Gasteiger partial charge < -0.3 is 14.5 Å². The van der Waals surface area contributed by atoms with Crippen LogP contribution in [-0.4, -0.2) is 67.9 Å². The second-order valence-corrected chi connectivity index (χ2v) is 7.72. The summed E-state index contributed by atoms with van der Waals surface area (Å²) in [5.41, 5.74) is 2.01. The summed E-state index contributed by atoms with van der Waals surface area (Å²) in [7, 11) is 0. The molecule has 0 N–H and O–H groups in total. The van der Waals surface area contributed by atoms with Gasteiger partial charge in [0.15, 0.2) is 17.0 Å². The molecule has 2 aromatic heterocycles. The van der Waals surface area contributed by atoms with E-state index in [0.717, 1.165) is 0 Å². The van der Waals surface area contributed by atoms with Gasteiger partial charge >= 0.3 is 5.97 Å². The molecule has 0 spiro atoms. The lowest BCUT2D eigenvalue weighted by atomic mass is 10.1. The predicted octanol–water partition coefficient (Wildman–Crippen LogP) is 2.24. The zero-order valence-electron chi connectivity index (χ0n) is 18.3. The number of carbonyl (C=O) groups excluding carboxylic acids is 2. The van der Waals surface area contributed by atoms with Crippen molar-refractivity contribution < 1.29 is 18.7 Å². The largest absolute Gasteiger partial charge is 0.426 e. The molecule has 0 bridgehead atoms. The Balaban J connectivity index is 1.34. The average molecular weight is 461 g/mol. The Morgan fingerprint density at radius 2 is 1.71 bits per heavy atom. The van der Waals surface area contributed by atoms with Crippen LogP contribution >= 0.6 is 0 Å². The van der Waals surface area contributed by atoms with Crippen LogP contribution in [0, 0.1) is 5.82 Å². The lowest BCUT2D eigenvalue weighted by Crippen LogP contribution is -2.49. The van der Waals surface area contributed by atoms with Crippen LogP contribution in [0.1, 0.15) is 17.3 Å². The summed E-state index contributed by atoms with van der Waals surface area (Å²) in [6, 6.07) is 12.6. The van der Waals surface area contributed by atoms with Crippen molar-refractivity contribution in [1.82, 2.24) is 29.9 Å². The van der Waals surface area contributed by atoms with E-state index >= 15 is 0 Å². The number of hydrogen-bond donors (Lipinski definition) is 0. The van der Waals surface area contributed by atoms with Crippen LogP contribution in [0.4, 0.5) is 10.2 Å². The smallest absolute Gasteiger partial charge is 0.308 e. The molecule has 2 aromatic carbocycles. The third kappa shape index (κ3) is 4.03. The van der Waals surface area contributed by atoms with Crippen molar-refractivity contribution in [2.75, 3.05) is 31.1 Å².